The van der Waals surface area contributed by atoms with Gasteiger partial charge in [0, 0.05) is 44.7 Å². The van der Waals surface area contributed by atoms with Crippen LogP contribution in [0.5, 0.6) is 0 Å². The van der Waals surface area contributed by atoms with Crippen molar-refractivity contribution in [3.05, 3.63) is 194 Å². The molecular weight excluding hydrogens is 673 g/mol. The third-order valence-electron chi connectivity index (χ3n) is 9.89. The second-order valence-electron chi connectivity index (χ2n) is 13.4. The zero-order valence-corrected chi connectivity index (χ0v) is 29.7. The lowest BCUT2D eigenvalue weighted by molar-refractivity contribution is 1.05. The van der Waals surface area contributed by atoms with Crippen LogP contribution >= 0.6 is 0 Å². The predicted molar refractivity (Wildman–Crippen MR) is 222 cm³/mol. The number of nitrogens with zero attached hydrogens (tertiary/aromatic N) is 6. The van der Waals surface area contributed by atoms with E-state index in [2.05, 4.69) is 120 Å². The number of hydrogen-bond donors (Lipinski definition) is 0. The molecule has 258 valence electrons. The summed E-state index contributed by atoms with van der Waals surface area (Å²) in [4.78, 5) is 25.0. The molecule has 10 rings (SSSR count). The second kappa shape index (κ2) is 13.8. The molecule has 7 aromatic carbocycles. The standard InChI is InChI=1S/C49H32N6/c1-4-15-34(16-5-1)46-50-42(32-45(51-46)55-43-25-12-10-23-40(43)41-24-11-13-26-44(41)55)39-22-14-21-38(31-39)33-27-29-37(30-28-33)49-53-47(35-17-6-2-7-18-35)52-48(54-49)36-19-8-3-9-20-36/h1-32H. The first kappa shape index (κ1) is 32.1. The van der Waals surface area contributed by atoms with Gasteiger partial charge in [0.05, 0.1) is 16.7 Å². The zero-order valence-electron chi connectivity index (χ0n) is 29.7. The van der Waals surface area contributed by atoms with Crippen molar-refractivity contribution in [1.29, 1.82) is 0 Å². The number of para-hydroxylation sites is 2. The van der Waals surface area contributed by atoms with Crippen LogP contribution in [0.25, 0.3) is 95.6 Å². The average molecular weight is 705 g/mol. The van der Waals surface area contributed by atoms with Crippen molar-refractivity contribution in [2.24, 2.45) is 0 Å². The van der Waals surface area contributed by atoms with Crippen molar-refractivity contribution in [3.63, 3.8) is 0 Å². The molecule has 0 unspecified atom stereocenters. The smallest absolute Gasteiger partial charge is 0.164 e. The van der Waals surface area contributed by atoms with Gasteiger partial charge in [-0.05, 0) is 29.3 Å². The molecule has 0 aliphatic rings. The van der Waals surface area contributed by atoms with Crippen molar-refractivity contribution in [1.82, 2.24) is 29.5 Å². The molecule has 0 fully saturated rings. The zero-order chi connectivity index (χ0) is 36.6. The first-order valence-corrected chi connectivity index (χ1v) is 18.3. The Morgan fingerprint density at radius 3 is 1.20 bits per heavy atom. The van der Waals surface area contributed by atoms with Gasteiger partial charge in [0.25, 0.3) is 0 Å². The first-order valence-electron chi connectivity index (χ1n) is 18.3. The van der Waals surface area contributed by atoms with Gasteiger partial charge in [-0.15, -0.1) is 0 Å². The van der Waals surface area contributed by atoms with Crippen molar-refractivity contribution in [3.8, 4) is 73.8 Å². The third-order valence-corrected chi connectivity index (χ3v) is 9.89. The molecule has 0 spiro atoms. The van der Waals surface area contributed by atoms with Crippen LogP contribution in [0.2, 0.25) is 0 Å². The van der Waals surface area contributed by atoms with E-state index in [9.17, 15) is 0 Å². The fraction of sp³-hybridized carbons (Fsp3) is 0. The van der Waals surface area contributed by atoms with Crippen LogP contribution in [-0.2, 0) is 0 Å². The van der Waals surface area contributed by atoms with Crippen molar-refractivity contribution in [2.75, 3.05) is 0 Å². The summed E-state index contributed by atoms with van der Waals surface area (Å²) in [6, 6.07) is 66.3. The maximum absolute atomic E-state index is 5.18. The first-order chi connectivity index (χ1) is 27.2. The van der Waals surface area contributed by atoms with Gasteiger partial charge in [0.15, 0.2) is 23.3 Å². The lowest BCUT2D eigenvalue weighted by Gasteiger charge is -2.13. The summed E-state index contributed by atoms with van der Waals surface area (Å²) in [6.07, 6.45) is 0. The van der Waals surface area contributed by atoms with Crippen LogP contribution in [0.1, 0.15) is 0 Å². The summed E-state index contributed by atoms with van der Waals surface area (Å²) >= 11 is 0. The van der Waals surface area contributed by atoms with Crippen molar-refractivity contribution < 1.29 is 0 Å². The molecule has 55 heavy (non-hydrogen) atoms. The Kier molecular flexibility index (Phi) is 8.04. The highest BCUT2D eigenvalue weighted by atomic mass is 15.1. The van der Waals surface area contributed by atoms with E-state index in [1.807, 2.05) is 78.9 Å². The monoisotopic (exact) mass is 704 g/mol. The Balaban J connectivity index is 1.05. The Morgan fingerprint density at radius 1 is 0.273 bits per heavy atom. The summed E-state index contributed by atoms with van der Waals surface area (Å²) < 4.78 is 2.25. The largest absolute Gasteiger partial charge is 0.294 e. The van der Waals surface area contributed by atoms with Crippen LogP contribution in [0, 0.1) is 0 Å². The molecule has 0 saturated carbocycles. The summed E-state index contributed by atoms with van der Waals surface area (Å²) in [6.45, 7) is 0. The Morgan fingerprint density at radius 2 is 0.673 bits per heavy atom. The van der Waals surface area contributed by atoms with E-state index in [-0.39, 0.29) is 0 Å². The summed E-state index contributed by atoms with van der Waals surface area (Å²) in [5.41, 5.74) is 9.96. The van der Waals surface area contributed by atoms with Crippen LogP contribution < -0.4 is 0 Å². The Hall–Kier alpha value is -7.57. The van der Waals surface area contributed by atoms with Gasteiger partial charge >= 0.3 is 0 Å². The lowest BCUT2D eigenvalue weighted by Crippen LogP contribution is -2.02. The van der Waals surface area contributed by atoms with Crippen LogP contribution in [-0.4, -0.2) is 29.5 Å². The molecule has 0 atom stereocenters. The Bertz CT molecular complexity index is 2850. The van der Waals surface area contributed by atoms with Gasteiger partial charge in [0.2, 0.25) is 0 Å². The van der Waals surface area contributed by atoms with Crippen molar-refractivity contribution in [2.45, 2.75) is 0 Å². The van der Waals surface area contributed by atoms with E-state index in [1.54, 1.807) is 0 Å². The van der Waals surface area contributed by atoms with Gasteiger partial charge in [-0.2, -0.15) is 0 Å². The highest BCUT2D eigenvalue weighted by molar-refractivity contribution is 6.09. The van der Waals surface area contributed by atoms with E-state index in [0.717, 1.165) is 61.5 Å². The molecule has 3 aromatic heterocycles. The highest BCUT2D eigenvalue weighted by Gasteiger charge is 2.17. The van der Waals surface area contributed by atoms with Gasteiger partial charge < -0.3 is 0 Å². The molecule has 0 amide bonds. The van der Waals surface area contributed by atoms with Crippen LogP contribution in [0.15, 0.2) is 194 Å². The number of benzene rings is 7. The van der Waals surface area contributed by atoms with Crippen LogP contribution in [0.4, 0.5) is 0 Å². The van der Waals surface area contributed by atoms with Gasteiger partial charge in [-0.1, -0.05) is 170 Å². The minimum absolute atomic E-state index is 0.625. The van der Waals surface area contributed by atoms with Crippen LogP contribution in [0.3, 0.4) is 0 Å². The van der Waals surface area contributed by atoms with Crippen molar-refractivity contribution >= 4 is 21.8 Å². The maximum atomic E-state index is 5.18. The molecule has 0 aliphatic carbocycles. The number of fused-ring (bicyclic) bond motifs is 3. The van der Waals surface area contributed by atoms with E-state index < -0.39 is 0 Å². The van der Waals surface area contributed by atoms with E-state index >= 15 is 0 Å². The molecule has 6 nitrogen and oxygen atoms in total. The minimum atomic E-state index is 0.625. The van der Waals surface area contributed by atoms with Gasteiger partial charge in [-0.3, -0.25) is 4.57 Å². The molecule has 3 heterocycles. The molecule has 0 radical (unpaired) electrons. The summed E-state index contributed by atoms with van der Waals surface area (Å²) in [5.74, 6) is 3.40. The highest BCUT2D eigenvalue weighted by Crippen LogP contribution is 2.35. The van der Waals surface area contributed by atoms with E-state index in [1.165, 1.54) is 10.8 Å². The van der Waals surface area contributed by atoms with E-state index in [0.29, 0.717) is 23.3 Å². The molecule has 0 N–H and O–H groups in total. The summed E-state index contributed by atoms with van der Waals surface area (Å²) in [7, 11) is 0. The lowest BCUT2D eigenvalue weighted by atomic mass is 10.00. The molecule has 6 heteroatoms. The third kappa shape index (κ3) is 6.11. The SMILES string of the molecule is c1ccc(-c2nc(-c3cccc(-c4ccc(-c5nc(-c6ccccc6)nc(-c6ccccc6)n5)cc4)c3)cc(-n3c4ccccc4c4ccccc43)n2)cc1. The molecule has 0 bridgehead atoms. The Labute approximate surface area is 318 Å². The van der Waals surface area contributed by atoms with Gasteiger partial charge in [0.1, 0.15) is 5.82 Å². The molecule has 10 aromatic rings. The van der Waals surface area contributed by atoms with E-state index in [4.69, 9.17) is 24.9 Å². The minimum Gasteiger partial charge on any atom is -0.294 e. The summed E-state index contributed by atoms with van der Waals surface area (Å²) in [5, 5.41) is 2.38. The second-order valence-corrected chi connectivity index (χ2v) is 13.4. The normalized spacial score (nSPS) is 11.3. The number of hydrogen-bond acceptors (Lipinski definition) is 5. The topological polar surface area (TPSA) is 69.4 Å². The molecule has 0 aliphatic heterocycles. The number of rotatable bonds is 7. The number of aromatic nitrogens is 6. The average Bonchev–Trinajstić information content (AvgIpc) is 3.61. The maximum Gasteiger partial charge on any atom is 0.164 e. The van der Waals surface area contributed by atoms with Gasteiger partial charge in [-0.25, -0.2) is 24.9 Å². The fourth-order valence-corrected chi connectivity index (χ4v) is 7.19. The quantitative estimate of drug-likeness (QED) is 0.165. The fourth-order valence-electron chi connectivity index (χ4n) is 7.19. The predicted octanol–water partition coefficient (Wildman–Crippen LogP) is 11.8. The molecular formula is C49H32N6. The molecule has 0 saturated heterocycles.